The predicted octanol–water partition coefficient (Wildman–Crippen LogP) is 4.20. The highest BCUT2D eigenvalue weighted by molar-refractivity contribution is 14.0. The number of H-pyrrole nitrogens is 1. The number of aromatic nitrogens is 2. The van der Waals surface area contributed by atoms with Gasteiger partial charge in [-0.05, 0) is 23.8 Å². The standard InChI is InChI=1S/C22H33N5O.HI/c1-22(2,3)20-17(11-8-12-28-20)13-25-21(23-4)26-15-19-24-14-18(27-19)16-9-6-5-7-10-16;/h5-7,9-10,14,17,20H,8,11-13,15H2,1-4H3,(H,24,27)(H2,23,25,26);1H. The highest BCUT2D eigenvalue weighted by atomic mass is 127. The van der Waals surface area contributed by atoms with Crippen LogP contribution < -0.4 is 10.6 Å². The summed E-state index contributed by atoms with van der Waals surface area (Å²) in [6.07, 6.45) is 4.45. The molecule has 29 heavy (non-hydrogen) atoms. The quantitative estimate of drug-likeness (QED) is 0.320. The summed E-state index contributed by atoms with van der Waals surface area (Å²) >= 11 is 0. The van der Waals surface area contributed by atoms with Gasteiger partial charge in [-0.1, -0.05) is 51.1 Å². The van der Waals surface area contributed by atoms with Crippen molar-refractivity contribution in [1.82, 2.24) is 20.6 Å². The first kappa shape index (κ1) is 23.7. The lowest BCUT2D eigenvalue weighted by atomic mass is 9.78. The number of aliphatic imine (C=N–C) groups is 1. The minimum Gasteiger partial charge on any atom is -0.377 e. The molecule has 1 fully saturated rings. The normalized spacial score (nSPS) is 20.1. The van der Waals surface area contributed by atoms with Crippen molar-refractivity contribution in [3.63, 3.8) is 0 Å². The van der Waals surface area contributed by atoms with E-state index in [1.165, 1.54) is 6.42 Å². The van der Waals surface area contributed by atoms with Crippen LogP contribution in [0.25, 0.3) is 11.3 Å². The molecule has 0 amide bonds. The first-order chi connectivity index (χ1) is 13.5. The molecule has 0 aliphatic carbocycles. The molecule has 1 aromatic heterocycles. The van der Waals surface area contributed by atoms with E-state index in [-0.39, 0.29) is 35.5 Å². The van der Waals surface area contributed by atoms with Gasteiger partial charge in [0.2, 0.25) is 0 Å². The lowest BCUT2D eigenvalue weighted by Crippen LogP contribution is -2.47. The number of hydrogen-bond acceptors (Lipinski definition) is 3. The van der Waals surface area contributed by atoms with E-state index in [9.17, 15) is 0 Å². The number of rotatable bonds is 5. The van der Waals surface area contributed by atoms with Crippen LogP contribution in [0.2, 0.25) is 0 Å². The van der Waals surface area contributed by atoms with Gasteiger partial charge >= 0.3 is 0 Å². The number of guanidine groups is 1. The number of aromatic amines is 1. The van der Waals surface area contributed by atoms with Gasteiger partial charge in [-0.15, -0.1) is 24.0 Å². The third kappa shape index (κ3) is 6.70. The summed E-state index contributed by atoms with van der Waals surface area (Å²) in [5, 5.41) is 6.82. The van der Waals surface area contributed by atoms with Gasteiger partial charge in [0.15, 0.2) is 5.96 Å². The summed E-state index contributed by atoms with van der Waals surface area (Å²) in [5.41, 5.74) is 2.30. The summed E-state index contributed by atoms with van der Waals surface area (Å²) in [7, 11) is 1.80. The summed E-state index contributed by atoms with van der Waals surface area (Å²) in [6.45, 7) is 9.08. The SMILES string of the molecule is CN=C(NCc1ncc(-c2ccccc2)[nH]1)NCC1CCCOC1C(C)(C)C.I. The second-order valence-corrected chi connectivity index (χ2v) is 8.48. The number of nitrogens with one attached hydrogen (secondary N) is 3. The Kier molecular flexibility index (Phi) is 8.95. The van der Waals surface area contributed by atoms with E-state index in [1.807, 2.05) is 24.4 Å². The lowest BCUT2D eigenvalue weighted by molar-refractivity contribution is -0.0835. The number of halogens is 1. The average Bonchev–Trinajstić information content (AvgIpc) is 3.17. The fourth-order valence-electron chi connectivity index (χ4n) is 3.84. The van der Waals surface area contributed by atoms with E-state index in [1.54, 1.807) is 7.05 Å². The predicted molar refractivity (Wildman–Crippen MR) is 130 cm³/mol. The molecule has 0 bridgehead atoms. The summed E-state index contributed by atoms with van der Waals surface area (Å²) in [6, 6.07) is 10.2. The Hall–Kier alpha value is -1.61. The van der Waals surface area contributed by atoms with Crippen molar-refractivity contribution >= 4 is 29.9 Å². The maximum Gasteiger partial charge on any atom is 0.191 e. The Morgan fingerprint density at radius 2 is 2.00 bits per heavy atom. The topological polar surface area (TPSA) is 74.3 Å². The molecule has 1 aliphatic rings. The van der Waals surface area contributed by atoms with Crippen LogP contribution in [0, 0.1) is 11.3 Å². The monoisotopic (exact) mass is 511 g/mol. The molecule has 3 rings (SSSR count). The summed E-state index contributed by atoms with van der Waals surface area (Å²) < 4.78 is 6.08. The van der Waals surface area contributed by atoms with Crippen LogP contribution in [-0.2, 0) is 11.3 Å². The fourth-order valence-corrected chi connectivity index (χ4v) is 3.84. The van der Waals surface area contributed by atoms with Crippen LogP contribution >= 0.6 is 24.0 Å². The van der Waals surface area contributed by atoms with Crippen molar-refractivity contribution in [2.24, 2.45) is 16.3 Å². The van der Waals surface area contributed by atoms with Crippen molar-refractivity contribution < 1.29 is 4.74 Å². The number of ether oxygens (including phenoxy) is 1. The minimum atomic E-state index is 0. The third-order valence-corrected chi connectivity index (χ3v) is 5.19. The Labute approximate surface area is 191 Å². The molecule has 2 unspecified atom stereocenters. The van der Waals surface area contributed by atoms with Crippen molar-refractivity contribution in [3.05, 3.63) is 42.4 Å². The van der Waals surface area contributed by atoms with Gasteiger partial charge in [-0.3, -0.25) is 4.99 Å². The minimum absolute atomic E-state index is 0. The number of hydrogen-bond donors (Lipinski definition) is 3. The van der Waals surface area contributed by atoms with Crippen LogP contribution in [0.3, 0.4) is 0 Å². The molecule has 2 heterocycles. The van der Waals surface area contributed by atoms with Crippen LogP contribution in [-0.4, -0.2) is 42.2 Å². The van der Waals surface area contributed by atoms with Gasteiger partial charge in [0.05, 0.1) is 24.5 Å². The first-order valence-electron chi connectivity index (χ1n) is 10.1. The van der Waals surface area contributed by atoms with Gasteiger partial charge in [0, 0.05) is 26.1 Å². The summed E-state index contributed by atoms with van der Waals surface area (Å²) in [4.78, 5) is 12.2. The molecular weight excluding hydrogens is 477 g/mol. The van der Waals surface area contributed by atoms with Crippen LogP contribution in [0.15, 0.2) is 41.5 Å². The molecule has 0 spiro atoms. The largest absolute Gasteiger partial charge is 0.377 e. The molecule has 2 aromatic rings. The molecule has 0 saturated carbocycles. The van der Waals surface area contributed by atoms with Crippen LogP contribution in [0.1, 0.15) is 39.4 Å². The molecule has 3 N–H and O–H groups in total. The molecule has 1 aromatic carbocycles. The van der Waals surface area contributed by atoms with E-state index in [4.69, 9.17) is 4.74 Å². The zero-order valence-electron chi connectivity index (χ0n) is 17.9. The fraction of sp³-hybridized carbons (Fsp3) is 0.545. The third-order valence-electron chi connectivity index (χ3n) is 5.19. The zero-order valence-corrected chi connectivity index (χ0v) is 20.2. The Bertz CT molecular complexity index is 769. The van der Waals surface area contributed by atoms with Gasteiger partial charge in [0.25, 0.3) is 0 Å². The van der Waals surface area contributed by atoms with Gasteiger partial charge in [0.1, 0.15) is 5.82 Å². The second kappa shape index (κ2) is 11.0. The van der Waals surface area contributed by atoms with E-state index in [0.717, 1.165) is 42.6 Å². The number of imidazole rings is 1. The van der Waals surface area contributed by atoms with Crippen molar-refractivity contribution in [1.29, 1.82) is 0 Å². The van der Waals surface area contributed by atoms with E-state index < -0.39 is 0 Å². The Morgan fingerprint density at radius 3 is 2.69 bits per heavy atom. The average molecular weight is 511 g/mol. The first-order valence-corrected chi connectivity index (χ1v) is 10.1. The lowest BCUT2D eigenvalue weighted by Gasteiger charge is -2.40. The van der Waals surface area contributed by atoms with E-state index in [0.29, 0.717) is 12.5 Å². The van der Waals surface area contributed by atoms with Crippen molar-refractivity contribution in [2.75, 3.05) is 20.2 Å². The second-order valence-electron chi connectivity index (χ2n) is 8.48. The molecule has 6 nitrogen and oxygen atoms in total. The number of nitrogens with zero attached hydrogens (tertiary/aromatic N) is 2. The molecule has 0 radical (unpaired) electrons. The molecule has 2 atom stereocenters. The van der Waals surface area contributed by atoms with E-state index >= 15 is 0 Å². The highest BCUT2D eigenvalue weighted by Gasteiger charge is 2.35. The molecular formula is C22H34IN5O. The number of benzene rings is 1. The maximum absolute atomic E-state index is 6.08. The molecule has 7 heteroatoms. The van der Waals surface area contributed by atoms with Gasteiger partial charge < -0.3 is 20.4 Å². The maximum atomic E-state index is 6.08. The molecule has 160 valence electrons. The van der Waals surface area contributed by atoms with Gasteiger partial charge in [-0.2, -0.15) is 0 Å². The van der Waals surface area contributed by atoms with E-state index in [2.05, 4.69) is 58.5 Å². The van der Waals surface area contributed by atoms with Crippen molar-refractivity contribution in [2.45, 2.75) is 46.3 Å². The summed E-state index contributed by atoms with van der Waals surface area (Å²) in [5.74, 6) is 2.16. The zero-order chi connectivity index (χ0) is 20.0. The Balaban J connectivity index is 0.00000300. The molecule has 1 saturated heterocycles. The van der Waals surface area contributed by atoms with Crippen LogP contribution in [0.5, 0.6) is 0 Å². The van der Waals surface area contributed by atoms with Crippen molar-refractivity contribution in [3.8, 4) is 11.3 Å². The smallest absolute Gasteiger partial charge is 0.191 e. The highest BCUT2D eigenvalue weighted by Crippen LogP contribution is 2.33. The Morgan fingerprint density at radius 1 is 1.24 bits per heavy atom. The molecule has 1 aliphatic heterocycles. The van der Waals surface area contributed by atoms with Crippen LogP contribution in [0.4, 0.5) is 0 Å². The van der Waals surface area contributed by atoms with Gasteiger partial charge in [-0.25, -0.2) is 4.98 Å².